The molecule has 0 fully saturated rings. The maximum absolute atomic E-state index is 13.7. The van der Waals surface area contributed by atoms with Gasteiger partial charge in [-0.3, -0.25) is 9.36 Å². The van der Waals surface area contributed by atoms with Crippen LogP contribution in [0.3, 0.4) is 0 Å². The predicted octanol–water partition coefficient (Wildman–Crippen LogP) is 4.73. The first-order valence-electron chi connectivity index (χ1n) is 10.3. The Balaban J connectivity index is 0.00000259. The third-order valence-electron chi connectivity index (χ3n) is 5.69. The molecule has 0 amide bonds. The minimum Gasteiger partial charge on any atom is -0.361 e. The first kappa shape index (κ1) is 22.1. The number of hydrogen-bond donors (Lipinski definition) is 2. The highest BCUT2D eigenvalue weighted by atomic mass is 32.1. The Hall–Kier alpha value is -4.09. The molecule has 164 valence electrons. The molecule has 0 aliphatic heterocycles. The van der Waals surface area contributed by atoms with Crippen molar-refractivity contribution in [3.8, 4) is 11.8 Å². The fourth-order valence-electron chi connectivity index (χ4n) is 4.16. The van der Waals surface area contributed by atoms with Gasteiger partial charge in [-0.25, -0.2) is 9.97 Å². The van der Waals surface area contributed by atoms with Crippen LogP contribution in [0.5, 0.6) is 0 Å². The van der Waals surface area contributed by atoms with Gasteiger partial charge < -0.3 is 10.3 Å². The highest BCUT2D eigenvalue weighted by Gasteiger charge is 2.19. The fraction of sp³-hybridized carbons (Fsp3) is 0.120. The van der Waals surface area contributed by atoms with E-state index in [2.05, 4.69) is 26.3 Å². The molecular weight excluding hydrogens is 432 g/mol. The minimum atomic E-state index is -0.285. The number of fused-ring (bicyclic) bond motifs is 2. The summed E-state index contributed by atoms with van der Waals surface area (Å²) in [5, 5.41) is 15.1. The van der Waals surface area contributed by atoms with Crippen LogP contribution in [-0.2, 0) is 0 Å². The zero-order valence-electron chi connectivity index (χ0n) is 18.1. The van der Waals surface area contributed by atoms with E-state index in [4.69, 9.17) is 0 Å². The summed E-state index contributed by atoms with van der Waals surface area (Å²) in [4.78, 5) is 25.2. The lowest BCUT2D eigenvalue weighted by atomic mass is 10.0. The van der Waals surface area contributed by atoms with Gasteiger partial charge in [-0.1, -0.05) is 36.4 Å². The largest absolute Gasteiger partial charge is 0.361 e. The smallest absolute Gasteiger partial charge is 0.263 e. The number of para-hydroxylation sites is 1. The summed E-state index contributed by atoms with van der Waals surface area (Å²) in [5.41, 5.74) is 3.50. The molecule has 0 saturated heterocycles. The molecule has 3 heterocycles. The zero-order valence-corrected chi connectivity index (χ0v) is 19.1. The van der Waals surface area contributed by atoms with Crippen LogP contribution in [0.15, 0.2) is 71.9 Å². The van der Waals surface area contributed by atoms with Gasteiger partial charge in [0.05, 0.1) is 22.4 Å². The van der Waals surface area contributed by atoms with E-state index in [1.54, 1.807) is 10.8 Å². The molecule has 2 N–H and O–H groups in total. The molecule has 0 saturated carbocycles. The van der Waals surface area contributed by atoms with Gasteiger partial charge in [0, 0.05) is 17.6 Å². The molecule has 0 spiro atoms. The molecule has 0 radical (unpaired) electrons. The Morgan fingerprint density at radius 1 is 1.09 bits per heavy atom. The molecule has 0 aliphatic carbocycles. The lowest BCUT2D eigenvalue weighted by Gasteiger charge is -2.22. The number of pyridine rings is 1. The third kappa shape index (κ3) is 3.73. The summed E-state index contributed by atoms with van der Waals surface area (Å²) in [5.74, 6) is 0.539. The molecule has 0 aliphatic rings. The van der Waals surface area contributed by atoms with Gasteiger partial charge >= 0.3 is 0 Å². The molecule has 1 atom stereocenters. The van der Waals surface area contributed by atoms with Crippen molar-refractivity contribution >= 4 is 41.1 Å². The van der Waals surface area contributed by atoms with Gasteiger partial charge in [0.15, 0.2) is 0 Å². The van der Waals surface area contributed by atoms with E-state index in [0.29, 0.717) is 27.8 Å². The van der Waals surface area contributed by atoms with Crippen LogP contribution in [0.4, 0.5) is 5.82 Å². The van der Waals surface area contributed by atoms with Crippen LogP contribution >= 0.6 is 13.5 Å². The van der Waals surface area contributed by atoms with Gasteiger partial charge in [0.2, 0.25) is 0 Å². The van der Waals surface area contributed by atoms with E-state index >= 15 is 0 Å². The van der Waals surface area contributed by atoms with Crippen molar-refractivity contribution in [1.29, 1.82) is 5.26 Å². The fourth-order valence-corrected chi connectivity index (χ4v) is 4.16. The van der Waals surface area contributed by atoms with Crippen LogP contribution in [0, 0.1) is 18.3 Å². The van der Waals surface area contributed by atoms with E-state index in [-0.39, 0.29) is 25.1 Å². The summed E-state index contributed by atoms with van der Waals surface area (Å²) >= 11 is 0. The Morgan fingerprint density at radius 2 is 1.88 bits per heavy atom. The zero-order chi connectivity index (χ0) is 22.2. The second-order valence-corrected chi connectivity index (χ2v) is 7.71. The van der Waals surface area contributed by atoms with Crippen molar-refractivity contribution < 1.29 is 0 Å². The van der Waals surface area contributed by atoms with Crippen molar-refractivity contribution in [3.63, 3.8) is 0 Å². The number of aryl methyl sites for hydroxylation is 1. The lowest BCUT2D eigenvalue weighted by Crippen LogP contribution is -2.26. The number of nitrogens with one attached hydrogen (secondary N) is 2. The van der Waals surface area contributed by atoms with Crippen LogP contribution in [0.1, 0.15) is 29.8 Å². The number of hydrogen-bond acceptors (Lipinski definition) is 5. The SMILES string of the molecule is Cc1cccc2cc([C@H](C)Nc3ncnc4[nH]cc(C#N)c34)n(-c3ccccc3)c(=O)c12.S. The highest BCUT2D eigenvalue weighted by molar-refractivity contribution is 7.59. The summed E-state index contributed by atoms with van der Waals surface area (Å²) < 4.78 is 1.74. The number of rotatable bonds is 4. The number of H-pyrrole nitrogens is 1. The molecule has 7 nitrogen and oxygen atoms in total. The average Bonchev–Trinajstić information content (AvgIpc) is 3.24. The molecule has 5 rings (SSSR count). The first-order chi connectivity index (χ1) is 15.6. The van der Waals surface area contributed by atoms with Gasteiger partial charge in [-0.05, 0) is 43.0 Å². The minimum absolute atomic E-state index is 0. The van der Waals surface area contributed by atoms with Crippen molar-refractivity contribution in [1.82, 2.24) is 19.5 Å². The quantitative estimate of drug-likeness (QED) is 0.409. The number of aromatic amines is 1. The van der Waals surface area contributed by atoms with Crippen molar-refractivity contribution in [3.05, 3.63) is 94.3 Å². The van der Waals surface area contributed by atoms with E-state index < -0.39 is 0 Å². The summed E-state index contributed by atoms with van der Waals surface area (Å²) in [6.07, 6.45) is 3.07. The van der Waals surface area contributed by atoms with Crippen molar-refractivity contribution in [2.75, 3.05) is 5.32 Å². The first-order valence-corrected chi connectivity index (χ1v) is 10.3. The van der Waals surface area contributed by atoms with Gasteiger partial charge in [-0.2, -0.15) is 18.8 Å². The van der Waals surface area contributed by atoms with Gasteiger partial charge in [0.25, 0.3) is 5.56 Å². The summed E-state index contributed by atoms with van der Waals surface area (Å²) in [6, 6.07) is 19.4. The Morgan fingerprint density at radius 3 is 2.64 bits per heavy atom. The topological polar surface area (TPSA) is 99.4 Å². The van der Waals surface area contributed by atoms with E-state index in [0.717, 1.165) is 22.3 Å². The van der Waals surface area contributed by atoms with Crippen LogP contribution in [-0.4, -0.2) is 19.5 Å². The normalized spacial score (nSPS) is 11.7. The number of anilines is 1. The maximum atomic E-state index is 13.7. The number of nitriles is 1. The molecule has 0 unspecified atom stereocenters. The van der Waals surface area contributed by atoms with E-state index in [1.807, 2.05) is 68.4 Å². The molecule has 8 heteroatoms. The highest BCUT2D eigenvalue weighted by Crippen LogP contribution is 2.28. The Labute approximate surface area is 197 Å². The summed E-state index contributed by atoms with van der Waals surface area (Å²) in [6.45, 7) is 3.93. The van der Waals surface area contributed by atoms with E-state index in [1.165, 1.54) is 6.33 Å². The molecule has 33 heavy (non-hydrogen) atoms. The number of benzene rings is 2. The van der Waals surface area contributed by atoms with Crippen LogP contribution in [0.2, 0.25) is 0 Å². The standard InChI is InChI=1S/C25H20N6O.H2S/c1-15-7-6-8-17-11-20(31(25(32)21(15)17)19-9-4-3-5-10-19)16(2)30-24-22-18(12-26)13-27-23(22)28-14-29-24;/h3-11,13-14,16H,1-2H3,(H2,27,28,29,30);1H2/t16-;/m0./s1. The monoisotopic (exact) mass is 454 g/mol. The van der Waals surface area contributed by atoms with Crippen molar-refractivity contribution in [2.24, 2.45) is 0 Å². The van der Waals surface area contributed by atoms with Crippen molar-refractivity contribution in [2.45, 2.75) is 19.9 Å². The maximum Gasteiger partial charge on any atom is 0.263 e. The second kappa shape index (κ2) is 8.81. The summed E-state index contributed by atoms with van der Waals surface area (Å²) in [7, 11) is 0. The Bertz CT molecular complexity index is 1570. The molecule has 2 aromatic carbocycles. The Kier molecular flexibility index (Phi) is 5.90. The number of aromatic nitrogens is 4. The second-order valence-electron chi connectivity index (χ2n) is 7.71. The van der Waals surface area contributed by atoms with Gasteiger partial charge in [0.1, 0.15) is 23.9 Å². The molecule has 3 aromatic heterocycles. The lowest BCUT2D eigenvalue weighted by molar-refractivity contribution is 0.774. The van der Waals surface area contributed by atoms with Crippen LogP contribution in [0.25, 0.3) is 27.5 Å². The number of nitrogens with zero attached hydrogens (tertiary/aromatic N) is 4. The van der Waals surface area contributed by atoms with Gasteiger partial charge in [-0.15, -0.1) is 0 Å². The van der Waals surface area contributed by atoms with E-state index in [9.17, 15) is 10.1 Å². The molecule has 5 aromatic rings. The molecular formula is C25H22N6OS. The average molecular weight is 455 g/mol. The van der Waals surface area contributed by atoms with Crippen LogP contribution < -0.4 is 10.9 Å². The molecule has 0 bridgehead atoms. The predicted molar refractivity (Wildman–Crippen MR) is 135 cm³/mol. The third-order valence-corrected chi connectivity index (χ3v) is 5.69.